The molecule has 0 saturated heterocycles. The molecule has 9 heteroatoms. The van der Waals surface area contributed by atoms with Crippen molar-refractivity contribution < 1.29 is 42.5 Å². The van der Waals surface area contributed by atoms with Crippen molar-refractivity contribution in [2.24, 2.45) is 5.92 Å². The Bertz CT molecular complexity index is 1550. The van der Waals surface area contributed by atoms with E-state index in [4.69, 9.17) is 28.1 Å². The average Bonchev–Trinajstić information content (AvgIpc) is 3.44. The van der Waals surface area contributed by atoms with Crippen LogP contribution in [0.15, 0.2) is 82.8 Å². The quantitative estimate of drug-likeness (QED) is 0.156. The Morgan fingerprint density at radius 3 is 2.31 bits per heavy atom. The fourth-order valence-corrected chi connectivity index (χ4v) is 5.86. The van der Waals surface area contributed by atoms with Crippen molar-refractivity contribution in [3.05, 3.63) is 107 Å². The standard InChI is InChI=1S/C36H38O9/c1-22-16-27(42-21-24-10-12-26(40-3)13-11-24)14-15-28(43-23(2)37)18-30-31(34-32(36(39)41-4)19-29(17-22)44-34)20-33(30)45-35(38)25-8-6-5-7-9-25/h5-15,17,19,27-28,30-31,33H,16,18,20-21H2,1-4H3/b15-14+,22-17+/t27-,28+,30-,31+,33+/m1/s1. The molecule has 0 radical (unpaired) electrons. The molecule has 0 N–H and O–H groups in total. The van der Waals surface area contributed by atoms with Crippen LogP contribution >= 0.6 is 0 Å². The Hall–Kier alpha value is -4.63. The van der Waals surface area contributed by atoms with Gasteiger partial charge in [0, 0.05) is 18.8 Å². The van der Waals surface area contributed by atoms with E-state index in [-0.39, 0.29) is 17.9 Å². The number of benzene rings is 2. The normalized spacial score (nSPS) is 24.5. The lowest BCUT2D eigenvalue weighted by atomic mass is 9.66. The van der Waals surface area contributed by atoms with Crippen LogP contribution in [-0.2, 0) is 30.3 Å². The number of rotatable bonds is 8. The second-order valence-electron chi connectivity index (χ2n) is 11.4. The summed E-state index contributed by atoms with van der Waals surface area (Å²) >= 11 is 0. The van der Waals surface area contributed by atoms with Crippen LogP contribution in [0, 0.1) is 5.92 Å². The largest absolute Gasteiger partial charge is 0.497 e. The number of hydrogen-bond acceptors (Lipinski definition) is 9. The molecule has 5 atom stereocenters. The molecule has 1 fully saturated rings. The van der Waals surface area contributed by atoms with Crippen LogP contribution in [0.25, 0.3) is 6.08 Å². The number of furan rings is 1. The number of carbonyl (C=O) groups excluding carboxylic acids is 3. The maximum absolute atomic E-state index is 13.0. The van der Waals surface area contributed by atoms with E-state index in [1.54, 1.807) is 37.4 Å². The second kappa shape index (κ2) is 14.4. The molecule has 3 aromatic rings. The molecular formula is C36H38O9. The van der Waals surface area contributed by atoms with Crippen LogP contribution < -0.4 is 4.74 Å². The minimum atomic E-state index is -0.638. The molecule has 2 aromatic carbocycles. The second-order valence-corrected chi connectivity index (χ2v) is 11.4. The minimum absolute atomic E-state index is 0.274. The van der Waals surface area contributed by atoms with Crippen LogP contribution in [0.3, 0.4) is 0 Å². The summed E-state index contributed by atoms with van der Waals surface area (Å²) in [6, 6.07) is 18.1. The van der Waals surface area contributed by atoms with Crippen molar-refractivity contribution in [3.8, 4) is 5.75 Å². The van der Waals surface area contributed by atoms with Gasteiger partial charge in [0.2, 0.25) is 0 Å². The summed E-state index contributed by atoms with van der Waals surface area (Å²) in [6.45, 7) is 3.68. The van der Waals surface area contributed by atoms with Gasteiger partial charge in [-0.15, -0.1) is 0 Å². The molecule has 1 aromatic heterocycles. The highest BCUT2D eigenvalue weighted by atomic mass is 16.6. The third-order valence-electron chi connectivity index (χ3n) is 8.17. The number of carbonyl (C=O) groups is 3. The molecule has 2 bridgehead atoms. The van der Waals surface area contributed by atoms with Gasteiger partial charge in [0.15, 0.2) is 0 Å². The molecule has 236 valence electrons. The van der Waals surface area contributed by atoms with Crippen molar-refractivity contribution in [1.29, 1.82) is 0 Å². The highest BCUT2D eigenvalue weighted by Gasteiger charge is 2.49. The SMILES string of the molecule is COC(=O)c1cc2oc1[C@H]1C[C@H](OC(=O)c3ccccc3)[C@@H]1C[C@@H](OC(C)=O)/C=C/[C@@H](OCc1ccc(OC)cc1)C/C(C)=C/2. The predicted octanol–water partition coefficient (Wildman–Crippen LogP) is 6.67. The van der Waals surface area contributed by atoms with E-state index in [1.807, 2.05) is 55.5 Å². The van der Waals surface area contributed by atoms with E-state index >= 15 is 0 Å². The van der Waals surface area contributed by atoms with Gasteiger partial charge in [-0.3, -0.25) is 4.79 Å². The molecular weight excluding hydrogens is 576 g/mol. The number of esters is 3. The molecule has 5 rings (SSSR count). The Morgan fingerprint density at radius 2 is 1.62 bits per heavy atom. The summed E-state index contributed by atoms with van der Waals surface area (Å²) in [7, 11) is 2.95. The lowest BCUT2D eigenvalue weighted by molar-refractivity contribution is -0.146. The van der Waals surface area contributed by atoms with Crippen molar-refractivity contribution in [3.63, 3.8) is 0 Å². The maximum atomic E-state index is 13.0. The molecule has 45 heavy (non-hydrogen) atoms. The number of hydrogen-bond donors (Lipinski definition) is 0. The van der Waals surface area contributed by atoms with E-state index in [2.05, 4.69) is 0 Å². The fourth-order valence-electron chi connectivity index (χ4n) is 5.86. The van der Waals surface area contributed by atoms with Crippen molar-refractivity contribution >= 4 is 24.0 Å². The third-order valence-corrected chi connectivity index (χ3v) is 8.17. The van der Waals surface area contributed by atoms with E-state index in [9.17, 15) is 14.4 Å². The number of fused-ring (bicyclic) bond motifs is 4. The van der Waals surface area contributed by atoms with Gasteiger partial charge < -0.3 is 28.1 Å². The number of methoxy groups -OCH3 is 2. The monoisotopic (exact) mass is 614 g/mol. The first kappa shape index (κ1) is 31.8. The first-order valence-corrected chi connectivity index (χ1v) is 15.0. The summed E-state index contributed by atoms with van der Waals surface area (Å²) in [5.74, 6) is -0.239. The van der Waals surface area contributed by atoms with Crippen LogP contribution in [0.2, 0.25) is 0 Å². The van der Waals surface area contributed by atoms with E-state index in [0.29, 0.717) is 48.5 Å². The topological polar surface area (TPSA) is 111 Å². The average molecular weight is 615 g/mol. The first-order chi connectivity index (χ1) is 21.7. The highest BCUT2D eigenvalue weighted by Crippen LogP contribution is 2.49. The first-order valence-electron chi connectivity index (χ1n) is 15.0. The van der Waals surface area contributed by atoms with E-state index < -0.39 is 30.1 Å². The minimum Gasteiger partial charge on any atom is -0.497 e. The lowest BCUT2D eigenvalue weighted by Gasteiger charge is -2.44. The summed E-state index contributed by atoms with van der Waals surface area (Å²) < 4.78 is 34.7. The molecule has 1 aliphatic carbocycles. The van der Waals surface area contributed by atoms with Gasteiger partial charge in [-0.25, -0.2) is 9.59 Å². The van der Waals surface area contributed by atoms with Gasteiger partial charge in [0.1, 0.15) is 35.0 Å². The van der Waals surface area contributed by atoms with Gasteiger partial charge in [-0.2, -0.15) is 0 Å². The van der Waals surface area contributed by atoms with Crippen molar-refractivity contribution in [1.82, 2.24) is 0 Å². The van der Waals surface area contributed by atoms with Crippen LogP contribution in [0.5, 0.6) is 5.75 Å². The summed E-state index contributed by atoms with van der Waals surface area (Å²) in [4.78, 5) is 38.1. The van der Waals surface area contributed by atoms with Gasteiger partial charge in [-0.05, 0) is 74.2 Å². The van der Waals surface area contributed by atoms with Crippen molar-refractivity contribution in [2.45, 2.75) is 63.9 Å². The maximum Gasteiger partial charge on any atom is 0.341 e. The summed E-state index contributed by atoms with van der Waals surface area (Å²) in [6.07, 6.45) is 5.44. The Morgan fingerprint density at radius 1 is 0.889 bits per heavy atom. The zero-order valence-corrected chi connectivity index (χ0v) is 25.9. The molecule has 0 unspecified atom stereocenters. The predicted molar refractivity (Wildman–Crippen MR) is 166 cm³/mol. The zero-order valence-electron chi connectivity index (χ0n) is 25.9. The molecule has 9 nitrogen and oxygen atoms in total. The molecule has 1 aliphatic heterocycles. The molecule has 2 aliphatic rings. The van der Waals surface area contributed by atoms with Gasteiger partial charge in [0.25, 0.3) is 0 Å². The van der Waals surface area contributed by atoms with Crippen LogP contribution in [0.1, 0.15) is 76.8 Å². The highest BCUT2D eigenvalue weighted by molar-refractivity contribution is 5.91. The summed E-state index contributed by atoms with van der Waals surface area (Å²) in [5, 5.41) is 0. The van der Waals surface area contributed by atoms with Crippen LogP contribution in [-0.4, -0.2) is 50.4 Å². The zero-order chi connectivity index (χ0) is 31.9. The van der Waals surface area contributed by atoms with Gasteiger partial charge >= 0.3 is 17.9 Å². The molecule has 0 amide bonds. The van der Waals surface area contributed by atoms with E-state index in [0.717, 1.165) is 16.9 Å². The Labute approximate surface area is 262 Å². The van der Waals surface area contributed by atoms with Gasteiger partial charge in [-0.1, -0.05) is 42.0 Å². The third kappa shape index (κ3) is 7.91. The molecule has 1 saturated carbocycles. The van der Waals surface area contributed by atoms with Crippen molar-refractivity contribution in [2.75, 3.05) is 14.2 Å². The Kier molecular flexibility index (Phi) is 10.2. The smallest absolute Gasteiger partial charge is 0.341 e. The number of ether oxygens (including phenoxy) is 5. The fraction of sp³-hybridized carbons (Fsp3) is 0.361. The van der Waals surface area contributed by atoms with E-state index in [1.165, 1.54) is 14.0 Å². The Balaban J connectivity index is 1.47. The lowest BCUT2D eigenvalue weighted by Crippen LogP contribution is -2.45. The van der Waals surface area contributed by atoms with Gasteiger partial charge in [0.05, 0.1) is 32.5 Å². The molecule has 2 heterocycles. The van der Waals surface area contributed by atoms with Crippen LogP contribution in [0.4, 0.5) is 0 Å². The molecule has 0 spiro atoms. The summed E-state index contributed by atoms with van der Waals surface area (Å²) in [5.41, 5.74) is 2.70.